The van der Waals surface area contributed by atoms with E-state index in [0.29, 0.717) is 23.0 Å². The summed E-state index contributed by atoms with van der Waals surface area (Å²) in [4.78, 5) is 36.8. The summed E-state index contributed by atoms with van der Waals surface area (Å²) in [6.45, 7) is 10.4. The lowest BCUT2D eigenvalue weighted by Gasteiger charge is -2.61. The fraction of sp³-hybridized carbons (Fsp3) is 0.893. The number of fused-ring (bicyclic) bond motifs is 5. The lowest BCUT2D eigenvalue weighted by atomic mass is 9.44. The molecule has 4 saturated carbocycles. The second kappa shape index (κ2) is 9.55. The second-order valence-corrected chi connectivity index (χ2v) is 12.8. The number of hydrogen-bond donors (Lipinski definition) is 2. The van der Waals surface area contributed by atoms with Gasteiger partial charge in [-0.15, -0.1) is 0 Å². The molecule has 6 heteroatoms. The number of carbonyl (C=O) groups excluding carboxylic acids is 3. The highest BCUT2D eigenvalue weighted by atomic mass is 16.5. The van der Waals surface area contributed by atoms with Crippen LogP contribution >= 0.6 is 0 Å². The first-order valence-electron chi connectivity index (χ1n) is 13.7. The van der Waals surface area contributed by atoms with Gasteiger partial charge in [0.05, 0.1) is 6.04 Å². The van der Waals surface area contributed by atoms with Crippen LogP contribution in [0.5, 0.6) is 0 Å². The summed E-state index contributed by atoms with van der Waals surface area (Å²) in [5.74, 6) is 2.76. The minimum Gasteiger partial charge on any atom is -0.461 e. The first-order valence-corrected chi connectivity index (χ1v) is 13.7. The topological polar surface area (TPSA) is 98.5 Å². The van der Waals surface area contributed by atoms with Gasteiger partial charge in [0.1, 0.15) is 18.4 Å². The van der Waals surface area contributed by atoms with Crippen molar-refractivity contribution in [3.63, 3.8) is 0 Å². The number of nitrogens with one attached hydrogen (secondary N) is 1. The van der Waals surface area contributed by atoms with Gasteiger partial charge in [0.15, 0.2) is 0 Å². The van der Waals surface area contributed by atoms with E-state index < -0.39 is 6.04 Å². The Morgan fingerprint density at radius 1 is 0.971 bits per heavy atom. The van der Waals surface area contributed by atoms with Crippen LogP contribution in [0.25, 0.3) is 0 Å². The monoisotopic (exact) mass is 474 g/mol. The molecule has 192 valence electrons. The highest BCUT2D eigenvalue weighted by Gasteiger charge is 2.60. The van der Waals surface area contributed by atoms with Crippen LogP contribution in [0.2, 0.25) is 0 Å². The van der Waals surface area contributed by atoms with Gasteiger partial charge in [-0.2, -0.15) is 0 Å². The van der Waals surface area contributed by atoms with Gasteiger partial charge in [0, 0.05) is 5.92 Å². The maximum absolute atomic E-state index is 12.4. The van der Waals surface area contributed by atoms with Crippen molar-refractivity contribution >= 4 is 17.7 Å². The van der Waals surface area contributed by atoms with Crippen molar-refractivity contribution in [3.05, 3.63) is 0 Å². The molecule has 0 aromatic rings. The summed E-state index contributed by atoms with van der Waals surface area (Å²) in [5, 5.41) is 2.63. The third kappa shape index (κ3) is 4.44. The molecule has 34 heavy (non-hydrogen) atoms. The van der Waals surface area contributed by atoms with Crippen molar-refractivity contribution in [2.75, 3.05) is 6.54 Å². The van der Waals surface area contributed by atoms with Crippen molar-refractivity contribution < 1.29 is 19.1 Å². The number of esters is 1. The number of rotatable bonds is 6. The van der Waals surface area contributed by atoms with Gasteiger partial charge in [0.25, 0.3) is 0 Å². The standard InChI is InChI=1S/C28H46N2O4/c1-16(2)25(29)26(33)30-15-24(32)34-19-10-12-27(4)18(14-19)6-7-20-22-9-8-21(17(3)31)28(22,5)13-11-23(20)27/h16,18-23,25H,6-15,29H2,1-5H3,(H,30,33)/t18-,19+,20-,21+,22-,23-,25-,27-,28+/m0/s1. The normalized spacial score (nSPS) is 42.2. The lowest BCUT2D eigenvalue weighted by molar-refractivity contribution is -0.162. The first-order chi connectivity index (χ1) is 16.0. The molecule has 0 heterocycles. The zero-order valence-corrected chi connectivity index (χ0v) is 21.9. The molecule has 9 atom stereocenters. The third-order valence-corrected chi connectivity index (χ3v) is 10.8. The number of ketones is 1. The summed E-state index contributed by atoms with van der Waals surface area (Å²) < 4.78 is 5.81. The predicted octanol–water partition coefficient (Wildman–Crippen LogP) is 4.25. The van der Waals surface area contributed by atoms with Crippen molar-refractivity contribution in [2.45, 2.75) is 105 Å². The minimum atomic E-state index is -0.610. The molecule has 0 radical (unpaired) electrons. The van der Waals surface area contributed by atoms with Gasteiger partial charge in [-0.05, 0) is 105 Å². The second-order valence-electron chi connectivity index (χ2n) is 12.8. The molecule has 0 unspecified atom stereocenters. The van der Waals surface area contributed by atoms with E-state index in [1.54, 1.807) is 6.92 Å². The molecular formula is C28H46N2O4. The summed E-state index contributed by atoms with van der Waals surface area (Å²) in [7, 11) is 0. The fourth-order valence-corrected chi connectivity index (χ4v) is 8.80. The highest BCUT2D eigenvalue weighted by Crippen LogP contribution is 2.67. The molecule has 1 amide bonds. The number of carbonyl (C=O) groups is 3. The summed E-state index contributed by atoms with van der Waals surface area (Å²) >= 11 is 0. The molecule has 0 aromatic carbocycles. The zero-order valence-electron chi connectivity index (χ0n) is 21.9. The Morgan fingerprint density at radius 2 is 1.65 bits per heavy atom. The number of Topliss-reactive ketones (excluding diaryl/α,β-unsaturated/α-hetero) is 1. The van der Waals surface area contributed by atoms with E-state index in [9.17, 15) is 14.4 Å². The quantitative estimate of drug-likeness (QED) is 0.561. The largest absolute Gasteiger partial charge is 0.461 e. The van der Waals surface area contributed by atoms with Crippen LogP contribution in [-0.2, 0) is 19.1 Å². The molecule has 0 saturated heterocycles. The molecule has 6 nitrogen and oxygen atoms in total. The lowest BCUT2D eigenvalue weighted by Crippen LogP contribution is -2.54. The van der Waals surface area contributed by atoms with Gasteiger partial charge in [-0.1, -0.05) is 27.7 Å². The van der Waals surface area contributed by atoms with Gasteiger partial charge in [0.2, 0.25) is 5.91 Å². The van der Waals surface area contributed by atoms with E-state index in [-0.39, 0.29) is 41.8 Å². The summed E-state index contributed by atoms with van der Waals surface area (Å²) in [6.07, 6.45) is 10.0. The molecule has 0 aliphatic heterocycles. The maximum Gasteiger partial charge on any atom is 0.325 e. The Balaban J connectivity index is 1.34. The SMILES string of the molecule is CC(=O)[C@H]1CC[C@H]2[C@@H]3CC[C@H]4C[C@H](OC(=O)CNC(=O)[C@@H](N)C(C)C)CC[C@]4(C)[C@H]3CC[C@]12C. The van der Waals surface area contributed by atoms with Crippen LogP contribution in [0.4, 0.5) is 0 Å². The predicted molar refractivity (Wildman–Crippen MR) is 132 cm³/mol. The maximum atomic E-state index is 12.4. The average Bonchev–Trinajstić information content (AvgIpc) is 3.14. The van der Waals surface area contributed by atoms with Crippen molar-refractivity contribution in [1.29, 1.82) is 0 Å². The molecule has 4 aliphatic carbocycles. The fourth-order valence-electron chi connectivity index (χ4n) is 8.80. The van der Waals surface area contributed by atoms with E-state index in [0.717, 1.165) is 37.5 Å². The molecule has 0 bridgehead atoms. The first kappa shape index (κ1) is 25.7. The van der Waals surface area contributed by atoms with Crippen LogP contribution in [0.15, 0.2) is 0 Å². The molecule has 4 fully saturated rings. The van der Waals surface area contributed by atoms with E-state index in [1.165, 1.54) is 32.1 Å². The highest BCUT2D eigenvalue weighted by molar-refractivity contribution is 5.85. The average molecular weight is 475 g/mol. The minimum absolute atomic E-state index is 0.0254. The molecule has 0 spiro atoms. The van der Waals surface area contributed by atoms with Gasteiger partial charge in [-0.25, -0.2) is 0 Å². The van der Waals surface area contributed by atoms with Crippen LogP contribution in [-0.4, -0.2) is 36.4 Å². The third-order valence-electron chi connectivity index (χ3n) is 10.8. The van der Waals surface area contributed by atoms with Crippen LogP contribution in [0, 0.1) is 46.3 Å². The van der Waals surface area contributed by atoms with Gasteiger partial charge in [-0.3, -0.25) is 14.4 Å². The molecule has 0 aromatic heterocycles. The number of ether oxygens (including phenoxy) is 1. The summed E-state index contributed by atoms with van der Waals surface area (Å²) in [5.41, 5.74) is 6.36. The van der Waals surface area contributed by atoms with E-state index >= 15 is 0 Å². The van der Waals surface area contributed by atoms with Crippen molar-refractivity contribution in [1.82, 2.24) is 5.32 Å². The van der Waals surface area contributed by atoms with Crippen LogP contribution in [0.3, 0.4) is 0 Å². The Bertz CT molecular complexity index is 812. The summed E-state index contributed by atoms with van der Waals surface area (Å²) in [6, 6.07) is -0.610. The van der Waals surface area contributed by atoms with E-state index in [4.69, 9.17) is 10.5 Å². The Labute approximate surface area is 205 Å². The Hall–Kier alpha value is -1.43. The van der Waals surface area contributed by atoms with Gasteiger partial charge >= 0.3 is 5.97 Å². The number of amides is 1. The van der Waals surface area contributed by atoms with Crippen LogP contribution < -0.4 is 11.1 Å². The smallest absolute Gasteiger partial charge is 0.325 e. The molecule has 3 N–H and O–H groups in total. The zero-order chi connectivity index (χ0) is 24.8. The Kier molecular flexibility index (Phi) is 7.21. The van der Waals surface area contributed by atoms with Gasteiger partial charge < -0.3 is 15.8 Å². The van der Waals surface area contributed by atoms with E-state index in [2.05, 4.69) is 19.2 Å². The molecular weight excluding hydrogens is 428 g/mol. The number of nitrogens with two attached hydrogens (primary N) is 1. The van der Waals surface area contributed by atoms with Crippen LogP contribution in [0.1, 0.15) is 92.4 Å². The molecule has 4 rings (SSSR count). The Morgan fingerprint density at radius 3 is 2.32 bits per heavy atom. The van der Waals surface area contributed by atoms with Crippen molar-refractivity contribution in [3.8, 4) is 0 Å². The molecule has 4 aliphatic rings. The van der Waals surface area contributed by atoms with Crippen molar-refractivity contribution in [2.24, 2.45) is 52.1 Å². The number of hydrogen-bond acceptors (Lipinski definition) is 5. The van der Waals surface area contributed by atoms with E-state index in [1.807, 2.05) is 13.8 Å².